The van der Waals surface area contributed by atoms with Gasteiger partial charge in [-0.1, -0.05) is 18.5 Å². The minimum atomic E-state index is 0.363. The van der Waals surface area contributed by atoms with Crippen LogP contribution in [0, 0.1) is 6.92 Å². The number of rotatable bonds is 2. The Morgan fingerprint density at radius 3 is 3.00 bits per heavy atom. The number of hydrogen-bond donors (Lipinski definition) is 1. The normalized spacial score (nSPS) is 21.6. The molecule has 0 saturated heterocycles. The number of thioether (sulfide) groups is 1. The fourth-order valence-electron chi connectivity index (χ4n) is 2.43. The number of aryl methyl sites for hydroxylation is 1. The summed E-state index contributed by atoms with van der Waals surface area (Å²) in [4.78, 5) is 0. The summed E-state index contributed by atoms with van der Waals surface area (Å²) < 4.78 is 2.51. The van der Waals surface area contributed by atoms with Crippen LogP contribution in [0.15, 0.2) is 32.3 Å². The average molecular weight is 389 g/mol. The van der Waals surface area contributed by atoms with Crippen LogP contribution < -0.4 is 5.32 Å². The van der Waals surface area contributed by atoms with Crippen molar-refractivity contribution in [1.82, 2.24) is 0 Å². The maximum Gasteiger partial charge on any atom is 0.0653 e. The second-order valence-corrected chi connectivity index (χ2v) is 8.99. The third-order valence-electron chi connectivity index (χ3n) is 3.49. The van der Waals surface area contributed by atoms with Crippen molar-refractivity contribution in [3.8, 4) is 0 Å². The number of fused-ring (bicyclic) bond motifs is 1. The highest BCUT2D eigenvalue weighted by molar-refractivity contribution is 9.10. The van der Waals surface area contributed by atoms with Crippen LogP contribution in [-0.4, -0.2) is 5.25 Å². The summed E-state index contributed by atoms with van der Waals surface area (Å²) in [5.41, 5.74) is 3.58. The zero-order valence-corrected chi connectivity index (χ0v) is 15.2. The molecule has 2 atom stereocenters. The van der Waals surface area contributed by atoms with Crippen LogP contribution in [0.25, 0.3) is 0 Å². The van der Waals surface area contributed by atoms with E-state index in [0.717, 1.165) is 27.2 Å². The van der Waals surface area contributed by atoms with E-state index in [1.54, 1.807) is 0 Å². The van der Waals surface area contributed by atoms with Crippen LogP contribution in [0.4, 0.5) is 5.69 Å². The lowest BCUT2D eigenvalue weighted by atomic mass is 10.0. The van der Waals surface area contributed by atoms with Crippen molar-refractivity contribution >= 4 is 56.3 Å². The Labute approximate surface area is 141 Å². The molecule has 3 rings (SSSR count). The monoisotopic (exact) mass is 387 g/mol. The van der Waals surface area contributed by atoms with E-state index in [1.807, 2.05) is 36.1 Å². The molecule has 1 aromatic carbocycles. The van der Waals surface area contributed by atoms with Crippen molar-refractivity contribution in [3.05, 3.63) is 44.2 Å². The lowest BCUT2D eigenvalue weighted by molar-refractivity contribution is 0.669. The Morgan fingerprint density at radius 2 is 2.20 bits per heavy atom. The topological polar surface area (TPSA) is 12.0 Å². The van der Waals surface area contributed by atoms with Gasteiger partial charge in [0, 0.05) is 14.7 Å². The third-order valence-corrected chi connectivity index (χ3v) is 6.89. The van der Waals surface area contributed by atoms with Gasteiger partial charge in [-0.25, -0.2) is 0 Å². The quantitative estimate of drug-likeness (QED) is 0.629. The van der Waals surface area contributed by atoms with Gasteiger partial charge in [0.1, 0.15) is 0 Å². The first-order valence-corrected chi connectivity index (χ1v) is 9.44. The molecule has 0 spiro atoms. The lowest BCUT2D eigenvalue weighted by Crippen LogP contribution is -2.19. The average Bonchev–Trinajstić information content (AvgIpc) is 2.84. The predicted octanol–water partition coefficient (Wildman–Crippen LogP) is 6.51. The second-order valence-electron chi connectivity index (χ2n) is 5.11. The molecule has 0 aliphatic carbocycles. The third kappa shape index (κ3) is 2.89. The Kier molecular flexibility index (Phi) is 4.37. The van der Waals surface area contributed by atoms with Gasteiger partial charge < -0.3 is 5.32 Å². The van der Waals surface area contributed by atoms with E-state index >= 15 is 0 Å². The predicted molar refractivity (Wildman–Crippen MR) is 94.5 cm³/mol. The van der Waals surface area contributed by atoms with Gasteiger partial charge in [0.2, 0.25) is 0 Å². The van der Waals surface area contributed by atoms with E-state index in [0.29, 0.717) is 11.3 Å². The standard InChI is InChI=1S/C15H15BrClNS2/c1-8-5-11(16)14(7-12(8)17)18-13-6-9(2)20-15-10(13)3-4-19-15/h3-5,7,9,13,18H,6H2,1-2H3/t9-,13?/m0/s1. The van der Waals surface area contributed by atoms with Crippen LogP contribution in [0.2, 0.25) is 5.02 Å². The molecule has 0 bridgehead atoms. The molecule has 1 unspecified atom stereocenters. The minimum Gasteiger partial charge on any atom is -0.377 e. The highest BCUT2D eigenvalue weighted by Gasteiger charge is 2.26. The van der Waals surface area contributed by atoms with Crippen LogP contribution >= 0.6 is 50.6 Å². The first kappa shape index (κ1) is 14.8. The van der Waals surface area contributed by atoms with E-state index in [1.165, 1.54) is 9.77 Å². The first-order valence-electron chi connectivity index (χ1n) is 6.51. The van der Waals surface area contributed by atoms with Crippen molar-refractivity contribution in [2.45, 2.75) is 35.8 Å². The number of halogens is 2. The zero-order chi connectivity index (χ0) is 14.3. The molecule has 0 saturated carbocycles. The molecule has 20 heavy (non-hydrogen) atoms. The van der Waals surface area contributed by atoms with E-state index in [9.17, 15) is 0 Å². The summed E-state index contributed by atoms with van der Waals surface area (Å²) in [6, 6.07) is 6.68. The van der Waals surface area contributed by atoms with Gasteiger partial charge in [0.15, 0.2) is 0 Å². The van der Waals surface area contributed by atoms with E-state index in [4.69, 9.17) is 11.6 Å². The lowest BCUT2D eigenvalue weighted by Gasteiger charge is -2.29. The number of thiophene rings is 1. The van der Waals surface area contributed by atoms with Crippen molar-refractivity contribution in [2.24, 2.45) is 0 Å². The molecule has 0 amide bonds. The van der Waals surface area contributed by atoms with Crippen molar-refractivity contribution in [2.75, 3.05) is 5.32 Å². The molecule has 2 aromatic rings. The molecule has 1 aliphatic rings. The Morgan fingerprint density at radius 1 is 1.40 bits per heavy atom. The number of benzene rings is 1. The van der Waals surface area contributed by atoms with E-state index < -0.39 is 0 Å². The van der Waals surface area contributed by atoms with Gasteiger partial charge in [-0.05, 0) is 64.0 Å². The zero-order valence-electron chi connectivity index (χ0n) is 11.2. The first-order chi connectivity index (χ1) is 9.54. The van der Waals surface area contributed by atoms with Crippen molar-refractivity contribution in [3.63, 3.8) is 0 Å². The largest absolute Gasteiger partial charge is 0.377 e. The Balaban J connectivity index is 1.91. The minimum absolute atomic E-state index is 0.363. The van der Waals surface area contributed by atoms with Crippen LogP contribution in [-0.2, 0) is 0 Å². The summed E-state index contributed by atoms with van der Waals surface area (Å²) in [5, 5.41) is 7.28. The van der Waals surface area contributed by atoms with Gasteiger partial charge in [0.05, 0.1) is 15.9 Å². The molecule has 0 radical (unpaired) electrons. The van der Waals surface area contributed by atoms with E-state index in [2.05, 4.69) is 45.7 Å². The van der Waals surface area contributed by atoms with Gasteiger partial charge in [0.25, 0.3) is 0 Å². The molecule has 1 nitrogen and oxygen atoms in total. The molecule has 1 aromatic heterocycles. The Hall–Kier alpha value is -0.160. The van der Waals surface area contributed by atoms with Crippen LogP contribution in [0.5, 0.6) is 0 Å². The summed E-state index contributed by atoms with van der Waals surface area (Å²) in [6.45, 7) is 4.31. The molecule has 5 heteroatoms. The summed E-state index contributed by atoms with van der Waals surface area (Å²) >= 11 is 13.7. The van der Waals surface area contributed by atoms with E-state index in [-0.39, 0.29) is 0 Å². The fraction of sp³-hybridized carbons (Fsp3) is 0.333. The fourth-order valence-corrected chi connectivity index (χ4v) is 5.73. The number of nitrogens with one attached hydrogen (secondary N) is 1. The van der Waals surface area contributed by atoms with Gasteiger partial charge in [-0.15, -0.1) is 23.1 Å². The maximum atomic E-state index is 6.25. The number of anilines is 1. The SMILES string of the molecule is Cc1cc(Br)c(NC2C[C@H](C)Sc3sccc32)cc1Cl. The van der Waals surface area contributed by atoms with Gasteiger partial charge in [-0.3, -0.25) is 0 Å². The molecule has 106 valence electrons. The number of hydrogen-bond acceptors (Lipinski definition) is 3. The highest BCUT2D eigenvalue weighted by Crippen LogP contribution is 2.45. The molecule has 1 N–H and O–H groups in total. The summed E-state index contributed by atoms with van der Waals surface area (Å²) in [7, 11) is 0. The van der Waals surface area contributed by atoms with Gasteiger partial charge >= 0.3 is 0 Å². The van der Waals surface area contributed by atoms with Crippen molar-refractivity contribution < 1.29 is 0 Å². The molecule has 2 heterocycles. The Bertz CT molecular complexity index is 641. The molecular formula is C15H15BrClNS2. The molecule has 1 aliphatic heterocycles. The maximum absolute atomic E-state index is 6.25. The van der Waals surface area contributed by atoms with Crippen LogP contribution in [0.3, 0.4) is 0 Å². The second kappa shape index (κ2) is 5.91. The smallest absolute Gasteiger partial charge is 0.0653 e. The molecular weight excluding hydrogens is 374 g/mol. The van der Waals surface area contributed by atoms with Gasteiger partial charge in [-0.2, -0.15) is 0 Å². The highest BCUT2D eigenvalue weighted by atomic mass is 79.9. The summed E-state index contributed by atoms with van der Waals surface area (Å²) in [5.74, 6) is 0. The summed E-state index contributed by atoms with van der Waals surface area (Å²) in [6.07, 6.45) is 1.13. The van der Waals surface area contributed by atoms with Crippen LogP contribution in [0.1, 0.15) is 30.5 Å². The van der Waals surface area contributed by atoms with Crippen molar-refractivity contribution in [1.29, 1.82) is 0 Å². The molecule has 0 fully saturated rings.